The Bertz CT molecular complexity index is 534. The third-order valence-corrected chi connectivity index (χ3v) is 3.40. The minimum atomic E-state index is 0.422. The normalized spacial score (nSPS) is 11.8. The van der Waals surface area contributed by atoms with Crippen LogP contribution in [0.5, 0.6) is 0 Å². The molecule has 0 saturated carbocycles. The minimum Gasteiger partial charge on any atom is -0.338 e. The van der Waals surface area contributed by atoms with Crippen molar-refractivity contribution in [3.05, 3.63) is 47.6 Å². The summed E-state index contributed by atoms with van der Waals surface area (Å²) in [6.07, 6.45) is 0.865. The lowest BCUT2D eigenvalue weighted by molar-refractivity contribution is 0.176. The van der Waals surface area contributed by atoms with E-state index in [1.54, 1.807) is 0 Å². The van der Waals surface area contributed by atoms with Crippen LogP contribution in [0, 0.1) is 5.92 Å². The van der Waals surface area contributed by atoms with Gasteiger partial charge < -0.3 is 4.52 Å². The summed E-state index contributed by atoms with van der Waals surface area (Å²) in [6, 6.07) is 10.9. The van der Waals surface area contributed by atoms with Gasteiger partial charge in [0.25, 0.3) is 0 Å². The molecule has 2 rings (SSSR count). The van der Waals surface area contributed by atoms with Crippen LogP contribution < -0.4 is 0 Å². The van der Waals surface area contributed by atoms with Crippen LogP contribution in [0.3, 0.4) is 0 Å². The maximum absolute atomic E-state index is 5.38. The molecular weight excluding hydrogens is 262 g/mol. The van der Waals surface area contributed by atoms with Crippen LogP contribution in [0.4, 0.5) is 0 Å². The molecule has 0 saturated heterocycles. The van der Waals surface area contributed by atoms with Crippen molar-refractivity contribution >= 4 is 0 Å². The Morgan fingerprint density at radius 2 is 1.76 bits per heavy atom. The van der Waals surface area contributed by atoms with Crippen LogP contribution in [0.2, 0.25) is 0 Å². The van der Waals surface area contributed by atoms with E-state index in [1.807, 2.05) is 6.07 Å². The molecule has 114 valence electrons. The molecule has 0 unspecified atom stereocenters. The lowest BCUT2D eigenvalue weighted by Gasteiger charge is -2.24. The largest absolute Gasteiger partial charge is 0.338 e. The molecule has 0 spiro atoms. The van der Waals surface area contributed by atoms with Crippen molar-refractivity contribution in [1.82, 2.24) is 15.0 Å². The van der Waals surface area contributed by atoms with E-state index < -0.39 is 0 Å². The van der Waals surface area contributed by atoms with E-state index in [0.717, 1.165) is 18.8 Å². The molecule has 2 aromatic rings. The molecule has 0 fully saturated rings. The third kappa shape index (κ3) is 4.97. The highest BCUT2D eigenvalue weighted by molar-refractivity contribution is 5.14. The van der Waals surface area contributed by atoms with E-state index in [2.05, 4.69) is 67.0 Å². The van der Waals surface area contributed by atoms with Gasteiger partial charge in [0, 0.05) is 19.0 Å². The first kappa shape index (κ1) is 15.7. The molecule has 4 nitrogen and oxygen atoms in total. The predicted molar refractivity (Wildman–Crippen MR) is 83.7 cm³/mol. The van der Waals surface area contributed by atoms with Gasteiger partial charge in [-0.3, -0.25) is 4.90 Å². The number of benzene rings is 1. The fourth-order valence-corrected chi connectivity index (χ4v) is 2.22. The average Bonchev–Trinajstić information content (AvgIpc) is 2.85. The fourth-order valence-electron chi connectivity index (χ4n) is 2.22. The summed E-state index contributed by atoms with van der Waals surface area (Å²) in [4.78, 5) is 6.83. The second-order valence-corrected chi connectivity index (χ2v) is 6.19. The van der Waals surface area contributed by atoms with E-state index in [1.165, 1.54) is 5.56 Å². The molecule has 0 aliphatic carbocycles. The fraction of sp³-hybridized carbons (Fsp3) is 0.529. The highest BCUT2D eigenvalue weighted by atomic mass is 16.5. The van der Waals surface area contributed by atoms with Gasteiger partial charge in [-0.15, -0.1) is 0 Å². The zero-order valence-corrected chi connectivity index (χ0v) is 13.4. The van der Waals surface area contributed by atoms with E-state index in [0.29, 0.717) is 24.4 Å². The van der Waals surface area contributed by atoms with E-state index in [-0.39, 0.29) is 0 Å². The molecular formula is C17H25N3O. The second kappa shape index (κ2) is 7.36. The van der Waals surface area contributed by atoms with Crippen molar-refractivity contribution < 1.29 is 4.52 Å². The number of hydrogen-bond donors (Lipinski definition) is 0. The highest BCUT2D eigenvalue weighted by Gasteiger charge is 2.15. The van der Waals surface area contributed by atoms with Gasteiger partial charge >= 0.3 is 0 Å². The Morgan fingerprint density at radius 3 is 2.38 bits per heavy atom. The minimum absolute atomic E-state index is 0.422. The third-order valence-electron chi connectivity index (χ3n) is 3.40. The Hall–Kier alpha value is -1.68. The standard InChI is InChI=1S/C17H25N3O/c1-13(2)10-16-18-17(21-19-16)12-20(14(3)4)11-15-8-6-5-7-9-15/h5-9,13-14H,10-12H2,1-4H3. The van der Waals surface area contributed by atoms with Crippen LogP contribution in [0.15, 0.2) is 34.9 Å². The van der Waals surface area contributed by atoms with Crippen molar-refractivity contribution in [2.24, 2.45) is 5.92 Å². The van der Waals surface area contributed by atoms with Crippen LogP contribution in [-0.2, 0) is 19.5 Å². The summed E-state index contributed by atoms with van der Waals surface area (Å²) in [5, 5.41) is 4.06. The lowest BCUT2D eigenvalue weighted by Crippen LogP contribution is -2.30. The first-order chi connectivity index (χ1) is 10.0. The summed E-state index contributed by atoms with van der Waals surface area (Å²) in [6.45, 7) is 10.3. The molecule has 0 aliphatic rings. The smallest absolute Gasteiger partial charge is 0.240 e. The zero-order valence-electron chi connectivity index (χ0n) is 13.4. The molecule has 0 bridgehead atoms. The average molecular weight is 287 g/mol. The maximum Gasteiger partial charge on any atom is 0.240 e. The molecule has 1 heterocycles. The monoisotopic (exact) mass is 287 g/mol. The van der Waals surface area contributed by atoms with Gasteiger partial charge in [0.15, 0.2) is 5.82 Å². The molecule has 0 N–H and O–H groups in total. The number of aromatic nitrogens is 2. The topological polar surface area (TPSA) is 42.2 Å². The van der Waals surface area contributed by atoms with Crippen LogP contribution in [0.25, 0.3) is 0 Å². The van der Waals surface area contributed by atoms with Crippen molar-refractivity contribution in [1.29, 1.82) is 0 Å². The van der Waals surface area contributed by atoms with Gasteiger partial charge in [-0.05, 0) is 25.3 Å². The quantitative estimate of drug-likeness (QED) is 0.779. The molecule has 0 aliphatic heterocycles. The van der Waals surface area contributed by atoms with Gasteiger partial charge in [0.05, 0.1) is 6.54 Å². The number of nitrogens with zero attached hydrogens (tertiary/aromatic N) is 3. The Morgan fingerprint density at radius 1 is 1.05 bits per heavy atom. The van der Waals surface area contributed by atoms with Gasteiger partial charge in [-0.2, -0.15) is 4.98 Å². The molecule has 1 aromatic heterocycles. The number of hydrogen-bond acceptors (Lipinski definition) is 4. The number of rotatable bonds is 7. The first-order valence-corrected chi connectivity index (χ1v) is 7.64. The van der Waals surface area contributed by atoms with Crippen LogP contribution >= 0.6 is 0 Å². The molecule has 0 atom stereocenters. The Balaban J connectivity index is 2.01. The molecule has 4 heteroatoms. The van der Waals surface area contributed by atoms with E-state index >= 15 is 0 Å². The van der Waals surface area contributed by atoms with Crippen LogP contribution in [0.1, 0.15) is 45.0 Å². The van der Waals surface area contributed by atoms with Gasteiger partial charge in [-0.1, -0.05) is 49.3 Å². The van der Waals surface area contributed by atoms with Crippen molar-refractivity contribution in [2.45, 2.75) is 53.2 Å². The molecule has 1 aromatic carbocycles. The highest BCUT2D eigenvalue weighted by Crippen LogP contribution is 2.13. The summed E-state index contributed by atoms with van der Waals surface area (Å²) in [7, 11) is 0. The molecule has 0 radical (unpaired) electrons. The summed E-state index contributed by atoms with van der Waals surface area (Å²) in [5.74, 6) is 2.06. The van der Waals surface area contributed by atoms with Crippen molar-refractivity contribution in [3.63, 3.8) is 0 Å². The Kier molecular flexibility index (Phi) is 5.51. The van der Waals surface area contributed by atoms with E-state index in [9.17, 15) is 0 Å². The van der Waals surface area contributed by atoms with Crippen molar-refractivity contribution in [3.8, 4) is 0 Å². The zero-order chi connectivity index (χ0) is 15.2. The summed E-state index contributed by atoms with van der Waals surface area (Å²) < 4.78 is 5.38. The summed E-state index contributed by atoms with van der Waals surface area (Å²) in [5.41, 5.74) is 1.30. The lowest BCUT2D eigenvalue weighted by atomic mass is 10.1. The van der Waals surface area contributed by atoms with Gasteiger partial charge in [0.1, 0.15) is 0 Å². The van der Waals surface area contributed by atoms with Crippen LogP contribution in [-0.4, -0.2) is 21.1 Å². The first-order valence-electron chi connectivity index (χ1n) is 7.64. The van der Waals surface area contributed by atoms with Gasteiger partial charge in [-0.25, -0.2) is 0 Å². The predicted octanol–water partition coefficient (Wildman–Crippen LogP) is 3.68. The second-order valence-electron chi connectivity index (χ2n) is 6.19. The van der Waals surface area contributed by atoms with Gasteiger partial charge in [0.2, 0.25) is 5.89 Å². The van der Waals surface area contributed by atoms with E-state index in [4.69, 9.17) is 4.52 Å². The summed E-state index contributed by atoms with van der Waals surface area (Å²) >= 11 is 0. The molecule has 21 heavy (non-hydrogen) atoms. The molecule has 0 amide bonds. The maximum atomic E-state index is 5.38. The Labute approximate surface area is 127 Å². The SMILES string of the molecule is CC(C)Cc1noc(CN(Cc2ccccc2)C(C)C)n1. The van der Waals surface area contributed by atoms with Crippen molar-refractivity contribution in [2.75, 3.05) is 0 Å².